The summed E-state index contributed by atoms with van der Waals surface area (Å²) >= 11 is 0. The number of terminal acetylenes is 1. The van der Waals surface area contributed by atoms with Crippen LogP contribution in [0.4, 0.5) is 0 Å². The minimum Gasteiger partial charge on any atom is -0.310 e. The first-order valence-electron chi connectivity index (χ1n) is 7.29. The molecule has 1 atom stereocenters. The molecule has 0 radical (unpaired) electrons. The molecule has 1 N–H and O–H groups in total. The molecule has 2 rings (SSSR count). The SMILES string of the molecule is C#CCCC(NCCC)c1cc(C)nc2ccccc12. The first-order valence-corrected chi connectivity index (χ1v) is 7.29. The summed E-state index contributed by atoms with van der Waals surface area (Å²) in [6.45, 7) is 5.24. The van der Waals surface area contributed by atoms with E-state index < -0.39 is 0 Å². The monoisotopic (exact) mass is 266 g/mol. The lowest BCUT2D eigenvalue weighted by molar-refractivity contribution is 0.508. The number of aromatic nitrogens is 1. The average molecular weight is 266 g/mol. The fourth-order valence-electron chi connectivity index (χ4n) is 2.54. The van der Waals surface area contributed by atoms with Gasteiger partial charge in [0.15, 0.2) is 0 Å². The van der Waals surface area contributed by atoms with Gasteiger partial charge in [-0.3, -0.25) is 4.98 Å². The van der Waals surface area contributed by atoms with Crippen molar-refractivity contribution in [1.29, 1.82) is 0 Å². The fourth-order valence-corrected chi connectivity index (χ4v) is 2.54. The maximum atomic E-state index is 5.44. The summed E-state index contributed by atoms with van der Waals surface area (Å²) in [6.07, 6.45) is 8.31. The van der Waals surface area contributed by atoms with Crippen molar-refractivity contribution < 1.29 is 0 Å². The Bertz CT molecular complexity index is 610. The first kappa shape index (κ1) is 14.6. The second-order valence-electron chi connectivity index (χ2n) is 5.12. The van der Waals surface area contributed by atoms with E-state index in [2.05, 4.69) is 47.4 Å². The molecule has 1 aromatic carbocycles. The Morgan fingerprint density at radius 1 is 1.35 bits per heavy atom. The number of aryl methyl sites for hydroxylation is 1. The molecule has 0 aliphatic rings. The van der Waals surface area contributed by atoms with E-state index in [1.165, 1.54) is 10.9 Å². The van der Waals surface area contributed by atoms with Crippen LogP contribution in [0.5, 0.6) is 0 Å². The number of pyridine rings is 1. The molecule has 2 nitrogen and oxygen atoms in total. The highest BCUT2D eigenvalue weighted by molar-refractivity contribution is 5.82. The highest BCUT2D eigenvalue weighted by atomic mass is 14.9. The smallest absolute Gasteiger partial charge is 0.0708 e. The van der Waals surface area contributed by atoms with Crippen LogP contribution in [0, 0.1) is 19.3 Å². The molecule has 0 saturated carbocycles. The Morgan fingerprint density at radius 2 is 2.15 bits per heavy atom. The fraction of sp³-hybridized carbons (Fsp3) is 0.389. The van der Waals surface area contributed by atoms with Crippen molar-refractivity contribution in [3.05, 3.63) is 41.6 Å². The molecular weight excluding hydrogens is 244 g/mol. The third kappa shape index (κ3) is 3.37. The lowest BCUT2D eigenvalue weighted by Crippen LogP contribution is -2.22. The van der Waals surface area contributed by atoms with Crippen LogP contribution in [0.25, 0.3) is 10.9 Å². The van der Waals surface area contributed by atoms with Crippen LogP contribution in [-0.2, 0) is 0 Å². The normalized spacial score (nSPS) is 12.2. The number of rotatable bonds is 6. The van der Waals surface area contributed by atoms with Gasteiger partial charge in [-0.05, 0) is 44.0 Å². The van der Waals surface area contributed by atoms with E-state index in [0.717, 1.165) is 37.0 Å². The molecule has 0 fully saturated rings. The molecule has 0 amide bonds. The van der Waals surface area contributed by atoms with Gasteiger partial charge in [-0.2, -0.15) is 0 Å². The molecule has 1 heterocycles. The van der Waals surface area contributed by atoms with Crippen LogP contribution in [0.3, 0.4) is 0 Å². The van der Waals surface area contributed by atoms with Crippen LogP contribution in [0.2, 0.25) is 0 Å². The van der Waals surface area contributed by atoms with Crippen molar-refractivity contribution in [3.63, 3.8) is 0 Å². The summed E-state index contributed by atoms with van der Waals surface area (Å²) in [5, 5.41) is 4.84. The number of nitrogens with one attached hydrogen (secondary N) is 1. The van der Waals surface area contributed by atoms with Gasteiger partial charge in [-0.1, -0.05) is 25.1 Å². The van der Waals surface area contributed by atoms with Crippen LogP contribution >= 0.6 is 0 Å². The van der Waals surface area contributed by atoms with Crippen molar-refractivity contribution >= 4 is 10.9 Å². The van der Waals surface area contributed by atoms with Gasteiger partial charge in [0, 0.05) is 23.5 Å². The van der Waals surface area contributed by atoms with Crippen molar-refractivity contribution in [3.8, 4) is 12.3 Å². The van der Waals surface area contributed by atoms with E-state index >= 15 is 0 Å². The minimum atomic E-state index is 0.303. The van der Waals surface area contributed by atoms with Gasteiger partial charge in [-0.15, -0.1) is 12.3 Å². The van der Waals surface area contributed by atoms with E-state index in [1.54, 1.807) is 0 Å². The van der Waals surface area contributed by atoms with Crippen molar-refractivity contribution in [2.24, 2.45) is 0 Å². The van der Waals surface area contributed by atoms with E-state index in [9.17, 15) is 0 Å². The number of fused-ring (bicyclic) bond motifs is 1. The molecular formula is C18H22N2. The van der Waals surface area contributed by atoms with E-state index in [1.807, 2.05) is 13.0 Å². The van der Waals surface area contributed by atoms with Gasteiger partial charge in [0.05, 0.1) is 5.52 Å². The van der Waals surface area contributed by atoms with E-state index in [0.29, 0.717) is 6.04 Å². The maximum Gasteiger partial charge on any atom is 0.0708 e. The van der Waals surface area contributed by atoms with Gasteiger partial charge in [0.1, 0.15) is 0 Å². The number of hydrogen-bond acceptors (Lipinski definition) is 2. The number of para-hydroxylation sites is 1. The molecule has 20 heavy (non-hydrogen) atoms. The molecule has 1 unspecified atom stereocenters. The molecule has 0 saturated heterocycles. The van der Waals surface area contributed by atoms with E-state index in [-0.39, 0.29) is 0 Å². The summed E-state index contributed by atoms with van der Waals surface area (Å²) in [7, 11) is 0. The number of benzene rings is 1. The minimum absolute atomic E-state index is 0.303. The average Bonchev–Trinajstić information content (AvgIpc) is 2.46. The van der Waals surface area contributed by atoms with Crippen molar-refractivity contribution in [1.82, 2.24) is 10.3 Å². The zero-order valence-electron chi connectivity index (χ0n) is 12.3. The highest BCUT2D eigenvalue weighted by Gasteiger charge is 2.14. The standard InChI is InChI=1S/C18H22N2/c1-4-6-10-17(19-12-5-2)16-13-14(3)20-18-11-8-7-9-15(16)18/h1,7-9,11,13,17,19H,5-6,10,12H2,2-3H3. The van der Waals surface area contributed by atoms with Gasteiger partial charge in [-0.25, -0.2) is 0 Å². The van der Waals surface area contributed by atoms with Crippen molar-refractivity contribution in [2.45, 2.75) is 39.2 Å². The third-order valence-electron chi connectivity index (χ3n) is 3.47. The predicted molar refractivity (Wildman–Crippen MR) is 85.6 cm³/mol. The summed E-state index contributed by atoms with van der Waals surface area (Å²) in [6, 6.07) is 10.8. The molecule has 0 spiro atoms. The Kier molecular flexibility index (Phi) is 5.15. The topological polar surface area (TPSA) is 24.9 Å². The third-order valence-corrected chi connectivity index (χ3v) is 3.47. The second-order valence-corrected chi connectivity index (χ2v) is 5.12. The zero-order chi connectivity index (χ0) is 14.4. The number of hydrogen-bond donors (Lipinski definition) is 1. The van der Waals surface area contributed by atoms with Crippen LogP contribution in [0.1, 0.15) is 43.5 Å². The van der Waals surface area contributed by atoms with Gasteiger partial charge in [0.25, 0.3) is 0 Å². The number of nitrogens with zero attached hydrogens (tertiary/aromatic N) is 1. The first-order chi connectivity index (χ1) is 9.76. The molecule has 0 aliphatic heterocycles. The summed E-state index contributed by atoms with van der Waals surface area (Å²) in [4.78, 5) is 4.61. The van der Waals surface area contributed by atoms with Gasteiger partial charge < -0.3 is 5.32 Å². The van der Waals surface area contributed by atoms with Crippen molar-refractivity contribution in [2.75, 3.05) is 6.54 Å². The van der Waals surface area contributed by atoms with Gasteiger partial charge in [0.2, 0.25) is 0 Å². The lowest BCUT2D eigenvalue weighted by atomic mass is 9.97. The maximum absolute atomic E-state index is 5.44. The summed E-state index contributed by atoms with van der Waals surface area (Å²) in [5.41, 5.74) is 3.44. The Labute approximate surface area is 121 Å². The molecule has 2 heteroatoms. The Morgan fingerprint density at radius 3 is 2.90 bits per heavy atom. The molecule has 0 aliphatic carbocycles. The molecule has 2 aromatic rings. The summed E-state index contributed by atoms with van der Waals surface area (Å²) < 4.78 is 0. The zero-order valence-corrected chi connectivity index (χ0v) is 12.3. The van der Waals surface area contributed by atoms with Crippen LogP contribution in [-0.4, -0.2) is 11.5 Å². The second kappa shape index (κ2) is 7.07. The largest absolute Gasteiger partial charge is 0.310 e. The van der Waals surface area contributed by atoms with Crippen LogP contribution < -0.4 is 5.32 Å². The molecule has 0 bridgehead atoms. The highest BCUT2D eigenvalue weighted by Crippen LogP contribution is 2.27. The summed E-state index contributed by atoms with van der Waals surface area (Å²) in [5.74, 6) is 2.75. The quantitative estimate of drug-likeness (QED) is 0.799. The predicted octanol–water partition coefficient (Wildman–Crippen LogP) is 4.00. The molecule has 104 valence electrons. The van der Waals surface area contributed by atoms with E-state index in [4.69, 9.17) is 6.42 Å². The Hall–Kier alpha value is -1.85. The Balaban J connectivity index is 2.43. The lowest BCUT2D eigenvalue weighted by Gasteiger charge is -2.20. The van der Waals surface area contributed by atoms with Crippen LogP contribution in [0.15, 0.2) is 30.3 Å². The van der Waals surface area contributed by atoms with Gasteiger partial charge >= 0.3 is 0 Å². The molecule has 1 aromatic heterocycles.